The molecule has 1 fully saturated rings. The third kappa shape index (κ3) is 6.53. The molecule has 9 nitrogen and oxygen atoms in total. The molecule has 0 bridgehead atoms. The van der Waals surface area contributed by atoms with Gasteiger partial charge in [0.05, 0.1) is 35.3 Å². The first-order chi connectivity index (χ1) is 18.2. The maximum Gasteiger partial charge on any atom is 0.337 e. The summed E-state index contributed by atoms with van der Waals surface area (Å²) in [4.78, 5) is 41.7. The smallest absolute Gasteiger partial charge is 0.337 e. The number of esters is 1. The fraction of sp³-hybridized carbons (Fsp3) is 0.115. The van der Waals surface area contributed by atoms with Crippen molar-refractivity contribution in [1.82, 2.24) is 4.90 Å². The lowest BCUT2D eigenvalue weighted by Gasteiger charge is -2.12. The topological polar surface area (TPSA) is 111 Å². The molecule has 0 unspecified atom stereocenters. The van der Waals surface area contributed by atoms with Crippen molar-refractivity contribution >= 4 is 91.4 Å². The van der Waals surface area contributed by atoms with Gasteiger partial charge in [-0.05, 0) is 111 Å². The Morgan fingerprint density at radius 3 is 2.45 bits per heavy atom. The van der Waals surface area contributed by atoms with Gasteiger partial charge in [-0.2, -0.15) is 0 Å². The molecule has 0 N–H and O–H groups in total. The van der Waals surface area contributed by atoms with Crippen molar-refractivity contribution < 1.29 is 24.0 Å². The molecule has 0 radical (unpaired) electrons. The van der Waals surface area contributed by atoms with Crippen LogP contribution in [0.4, 0.5) is 11.4 Å². The minimum atomic E-state index is -0.435. The van der Waals surface area contributed by atoms with E-state index < -0.39 is 10.9 Å². The van der Waals surface area contributed by atoms with Crippen molar-refractivity contribution in [3.8, 4) is 5.75 Å². The fourth-order valence-electron chi connectivity index (χ4n) is 3.42. The van der Waals surface area contributed by atoms with Crippen molar-refractivity contribution in [3.63, 3.8) is 0 Å². The average molecular weight is 755 g/mol. The SMILES string of the molecule is COC(=O)c1ccc(N=C2S/C(=C\c3cc(I)c(OCc4cccc([N+](=O)[O-])c4)c(I)c3)C(=O)N2C)cc1. The van der Waals surface area contributed by atoms with Crippen LogP contribution in [-0.2, 0) is 16.1 Å². The number of methoxy groups -OCH3 is 1. The highest BCUT2D eigenvalue weighted by Gasteiger charge is 2.30. The van der Waals surface area contributed by atoms with E-state index in [0.717, 1.165) is 12.7 Å². The van der Waals surface area contributed by atoms with Crippen LogP contribution in [0.2, 0.25) is 0 Å². The molecule has 194 valence electrons. The lowest BCUT2D eigenvalue weighted by atomic mass is 10.2. The summed E-state index contributed by atoms with van der Waals surface area (Å²) < 4.78 is 12.4. The van der Waals surface area contributed by atoms with Gasteiger partial charge in [0.1, 0.15) is 12.4 Å². The maximum absolute atomic E-state index is 12.9. The first kappa shape index (κ1) is 28.0. The lowest BCUT2D eigenvalue weighted by molar-refractivity contribution is -0.384. The number of nitro groups is 1. The van der Waals surface area contributed by atoms with Gasteiger partial charge in [0, 0.05) is 19.2 Å². The number of non-ortho nitro benzene ring substituents is 1. The number of benzene rings is 3. The van der Waals surface area contributed by atoms with Crippen molar-refractivity contribution in [2.75, 3.05) is 14.2 Å². The highest BCUT2D eigenvalue weighted by molar-refractivity contribution is 14.1. The van der Waals surface area contributed by atoms with Gasteiger partial charge in [0.25, 0.3) is 11.6 Å². The third-order valence-corrected chi connectivity index (χ3v) is 8.00. The highest BCUT2D eigenvalue weighted by Crippen LogP contribution is 2.35. The van der Waals surface area contributed by atoms with Gasteiger partial charge >= 0.3 is 5.97 Å². The van der Waals surface area contributed by atoms with E-state index in [-0.39, 0.29) is 18.2 Å². The number of hydrogen-bond donors (Lipinski definition) is 0. The second kappa shape index (κ2) is 12.3. The van der Waals surface area contributed by atoms with E-state index in [9.17, 15) is 19.7 Å². The number of carbonyl (C=O) groups excluding carboxylic acids is 2. The molecule has 1 amide bonds. The normalized spacial score (nSPS) is 15.3. The lowest BCUT2D eigenvalue weighted by Crippen LogP contribution is -2.23. The van der Waals surface area contributed by atoms with Crippen molar-refractivity contribution in [2.45, 2.75) is 6.61 Å². The number of nitro benzene ring substituents is 1. The van der Waals surface area contributed by atoms with Crippen LogP contribution in [0.25, 0.3) is 6.08 Å². The second-order valence-corrected chi connectivity index (χ2v) is 11.3. The van der Waals surface area contributed by atoms with E-state index in [4.69, 9.17) is 9.47 Å². The molecule has 0 spiro atoms. The van der Waals surface area contributed by atoms with Gasteiger partial charge in [0.2, 0.25) is 0 Å². The van der Waals surface area contributed by atoms with E-state index in [0.29, 0.717) is 32.6 Å². The van der Waals surface area contributed by atoms with Crippen molar-refractivity contribution in [3.05, 3.63) is 99.5 Å². The number of rotatable bonds is 7. The molecule has 1 heterocycles. The molecule has 38 heavy (non-hydrogen) atoms. The molecule has 0 atom stereocenters. The number of thioether (sulfide) groups is 1. The fourth-order valence-corrected chi connectivity index (χ4v) is 6.53. The Hall–Kier alpha value is -2.98. The molecular weight excluding hydrogens is 736 g/mol. The molecule has 0 aliphatic carbocycles. The molecule has 12 heteroatoms. The quantitative estimate of drug-likeness (QED) is 0.0903. The average Bonchev–Trinajstić information content (AvgIpc) is 3.15. The predicted molar refractivity (Wildman–Crippen MR) is 163 cm³/mol. The number of amides is 1. The molecule has 0 aromatic heterocycles. The largest absolute Gasteiger partial charge is 0.487 e. The number of hydrogen-bond acceptors (Lipinski definition) is 8. The highest BCUT2D eigenvalue weighted by atomic mass is 127. The van der Waals surface area contributed by atoms with Crippen LogP contribution in [0.15, 0.2) is 70.6 Å². The molecular formula is C26H19I2N3O6S. The van der Waals surface area contributed by atoms with Crippen LogP contribution < -0.4 is 4.74 Å². The van der Waals surface area contributed by atoms with Crippen LogP contribution in [0.3, 0.4) is 0 Å². The third-order valence-electron chi connectivity index (χ3n) is 5.34. The van der Waals surface area contributed by atoms with Crippen molar-refractivity contribution in [1.29, 1.82) is 0 Å². The number of nitrogens with zero attached hydrogens (tertiary/aromatic N) is 3. The van der Waals surface area contributed by atoms with Gasteiger partial charge in [-0.25, -0.2) is 9.79 Å². The zero-order valence-electron chi connectivity index (χ0n) is 20.0. The Kier molecular flexibility index (Phi) is 9.04. The summed E-state index contributed by atoms with van der Waals surface area (Å²) >= 11 is 5.60. The van der Waals surface area contributed by atoms with E-state index in [1.807, 2.05) is 12.1 Å². The molecule has 4 rings (SSSR count). The first-order valence-corrected chi connectivity index (χ1v) is 13.9. The number of carbonyl (C=O) groups is 2. The van der Waals surface area contributed by atoms with Crippen LogP contribution in [0.5, 0.6) is 5.75 Å². The number of aliphatic imine (C=N–C) groups is 1. The second-order valence-electron chi connectivity index (χ2n) is 7.94. The summed E-state index contributed by atoms with van der Waals surface area (Å²) in [5, 5.41) is 11.5. The monoisotopic (exact) mass is 755 g/mol. The summed E-state index contributed by atoms with van der Waals surface area (Å²) in [5.74, 6) is 0.0673. The minimum Gasteiger partial charge on any atom is -0.487 e. The molecule has 1 saturated heterocycles. The zero-order chi connectivity index (χ0) is 27.4. The van der Waals surface area contributed by atoms with Crippen LogP contribution in [0.1, 0.15) is 21.5 Å². The van der Waals surface area contributed by atoms with Gasteiger partial charge in [-0.15, -0.1) is 0 Å². The van der Waals surface area contributed by atoms with Crippen LogP contribution >= 0.6 is 56.9 Å². The molecule has 3 aromatic carbocycles. The summed E-state index contributed by atoms with van der Waals surface area (Å²) in [5.41, 5.74) is 2.56. The van der Waals surface area contributed by atoms with Crippen LogP contribution in [0, 0.1) is 17.3 Å². The molecule has 1 aliphatic heterocycles. The summed E-state index contributed by atoms with van der Waals surface area (Å²) in [6.45, 7) is 0.188. The predicted octanol–water partition coefficient (Wildman–Crippen LogP) is 6.40. The Balaban J connectivity index is 1.50. The Bertz CT molecular complexity index is 1470. The summed E-state index contributed by atoms with van der Waals surface area (Å²) in [6, 6.07) is 16.8. The molecule has 1 aliphatic rings. The van der Waals surface area contributed by atoms with E-state index in [1.54, 1.807) is 49.5 Å². The van der Waals surface area contributed by atoms with Gasteiger partial charge in [-0.3, -0.25) is 19.8 Å². The number of halogens is 2. The zero-order valence-corrected chi connectivity index (χ0v) is 25.1. The standard InChI is InChI=1S/C26H19I2N3O6S/c1-30-24(32)22(38-26(30)29-18-8-6-17(7-9-18)25(33)36-2)13-16-11-20(27)23(21(28)12-16)37-14-15-4-3-5-19(10-15)31(34)35/h3-13H,14H2,1-2H3/b22-13-,29-26?. The van der Waals surface area contributed by atoms with Gasteiger partial charge < -0.3 is 9.47 Å². The van der Waals surface area contributed by atoms with Crippen molar-refractivity contribution in [2.24, 2.45) is 4.99 Å². The minimum absolute atomic E-state index is 0.0160. The van der Waals surface area contributed by atoms with Gasteiger partial charge in [0.15, 0.2) is 5.17 Å². The molecule has 0 saturated carbocycles. The number of likely N-dealkylation sites (N-methyl/N-ethyl adjacent to an activating group) is 1. The van der Waals surface area contributed by atoms with E-state index >= 15 is 0 Å². The van der Waals surface area contributed by atoms with E-state index in [2.05, 4.69) is 50.2 Å². The Morgan fingerprint density at radius 2 is 1.82 bits per heavy atom. The Labute approximate surface area is 249 Å². The first-order valence-electron chi connectivity index (χ1n) is 11.0. The van der Waals surface area contributed by atoms with E-state index in [1.165, 1.54) is 35.9 Å². The summed E-state index contributed by atoms with van der Waals surface area (Å²) in [7, 11) is 2.99. The number of ether oxygens (including phenoxy) is 2. The summed E-state index contributed by atoms with van der Waals surface area (Å²) in [6.07, 6.45) is 1.81. The Morgan fingerprint density at radius 1 is 1.13 bits per heavy atom. The maximum atomic E-state index is 12.9. The van der Waals surface area contributed by atoms with Gasteiger partial charge in [-0.1, -0.05) is 12.1 Å². The molecule has 3 aromatic rings. The van der Waals surface area contributed by atoms with Crippen LogP contribution in [-0.4, -0.2) is 41.0 Å². The number of amidine groups is 1.